The van der Waals surface area contributed by atoms with Crippen LogP contribution in [0.3, 0.4) is 0 Å². The van der Waals surface area contributed by atoms with Crippen LogP contribution in [0.25, 0.3) is 21.8 Å². The Hall–Kier alpha value is -3.99. The number of carbonyl (C=O) groups excluding carboxylic acids is 3. The minimum atomic E-state index is -0.708. The van der Waals surface area contributed by atoms with Gasteiger partial charge in [0, 0.05) is 23.2 Å². The summed E-state index contributed by atoms with van der Waals surface area (Å²) in [7, 11) is 0. The van der Waals surface area contributed by atoms with Crippen molar-refractivity contribution in [1.82, 2.24) is 26.2 Å². The average molecular weight is 571 g/mol. The number of nitrogens with zero attached hydrogens (tertiary/aromatic N) is 2. The predicted octanol–water partition coefficient (Wildman–Crippen LogP) is 4.41. The SMILES string of the molecule is CC(C)(C)OC(=O)NNC(=O)Cc1ccc2ncc(Cl)cc2c1.NNC(=O)Cc1ccc2ncc(Cl)cc2c1. The molecule has 0 saturated carbocycles. The van der Waals surface area contributed by atoms with Crippen LogP contribution in [0.4, 0.5) is 4.79 Å². The summed E-state index contributed by atoms with van der Waals surface area (Å²) in [6, 6.07) is 14.6. The molecule has 0 spiro atoms. The molecule has 0 aliphatic carbocycles. The van der Waals surface area contributed by atoms with Crippen molar-refractivity contribution < 1.29 is 19.1 Å². The number of halogens is 2. The number of rotatable bonds is 4. The van der Waals surface area contributed by atoms with Crippen LogP contribution >= 0.6 is 23.2 Å². The summed E-state index contributed by atoms with van der Waals surface area (Å²) in [5, 5.41) is 2.87. The normalized spacial score (nSPS) is 10.8. The first-order valence-corrected chi connectivity index (χ1v) is 12.5. The largest absolute Gasteiger partial charge is 0.443 e. The molecule has 2 aromatic carbocycles. The van der Waals surface area contributed by atoms with Gasteiger partial charge >= 0.3 is 6.09 Å². The number of amides is 3. The first kappa shape index (κ1) is 29.6. The van der Waals surface area contributed by atoms with Gasteiger partial charge in [-0.1, -0.05) is 35.3 Å². The number of benzene rings is 2. The van der Waals surface area contributed by atoms with E-state index in [1.165, 1.54) is 0 Å². The summed E-state index contributed by atoms with van der Waals surface area (Å²) in [6.45, 7) is 5.22. The average Bonchev–Trinajstić information content (AvgIpc) is 2.86. The highest BCUT2D eigenvalue weighted by atomic mass is 35.5. The van der Waals surface area contributed by atoms with Crippen LogP contribution in [0.5, 0.6) is 0 Å². The zero-order valence-corrected chi connectivity index (χ0v) is 23.1. The number of ether oxygens (including phenoxy) is 1. The molecule has 0 radical (unpaired) electrons. The molecule has 0 aliphatic heterocycles. The van der Waals surface area contributed by atoms with Crippen LogP contribution in [0, 0.1) is 0 Å². The summed E-state index contributed by atoms with van der Waals surface area (Å²) in [6.07, 6.45) is 2.81. The van der Waals surface area contributed by atoms with E-state index in [1.807, 2.05) is 36.4 Å². The summed E-state index contributed by atoms with van der Waals surface area (Å²) < 4.78 is 5.02. The van der Waals surface area contributed by atoms with Crippen LogP contribution in [0.1, 0.15) is 31.9 Å². The van der Waals surface area contributed by atoms with Crippen molar-refractivity contribution in [2.75, 3.05) is 0 Å². The number of fused-ring (bicyclic) bond motifs is 2. The molecule has 0 atom stereocenters. The minimum absolute atomic E-state index is 0.109. The summed E-state index contributed by atoms with van der Waals surface area (Å²) >= 11 is 11.8. The fourth-order valence-electron chi connectivity index (χ4n) is 3.42. The molecule has 2 aromatic heterocycles. The first-order valence-electron chi connectivity index (χ1n) is 11.8. The van der Waals surface area contributed by atoms with Crippen molar-refractivity contribution in [1.29, 1.82) is 0 Å². The zero-order valence-electron chi connectivity index (χ0n) is 21.5. The second-order valence-electron chi connectivity index (χ2n) is 9.46. The van der Waals surface area contributed by atoms with Gasteiger partial charge in [0.05, 0.1) is 33.9 Å². The summed E-state index contributed by atoms with van der Waals surface area (Å²) in [5.74, 6) is 4.44. The molecule has 0 bridgehead atoms. The Labute approximate surface area is 235 Å². The second-order valence-corrected chi connectivity index (χ2v) is 10.3. The Morgan fingerprint density at radius 1 is 0.795 bits per heavy atom. The van der Waals surface area contributed by atoms with Crippen molar-refractivity contribution in [2.24, 2.45) is 5.84 Å². The van der Waals surface area contributed by atoms with Gasteiger partial charge in [0.2, 0.25) is 11.8 Å². The maximum absolute atomic E-state index is 11.9. The van der Waals surface area contributed by atoms with Gasteiger partial charge in [0.15, 0.2) is 0 Å². The van der Waals surface area contributed by atoms with Gasteiger partial charge in [-0.2, -0.15) is 0 Å². The highest BCUT2D eigenvalue weighted by molar-refractivity contribution is 6.31. The smallest absolute Gasteiger partial charge is 0.426 e. The Bertz CT molecular complexity index is 1510. The molecule has 39 heavy (non-hydrogen) atoms. The number of nitrogens with two attached hydrogens (primary N) is 1. The Morgan fingerprint density at radius 2 is 1.28 bits per heavy atom. The van der Waals surface area contributed by atoms with Crippen molar-refractivity contribution >= 4 is 62.9 Å². The van der Waals surface area contributed by atoms with Crippen molar-refractivity contribution in [3.8, 4) is 0 Å². The lowest BCUT2D eigenvalue weighted by atomic mass is 10.1. The van der Waals surface area contributed by atoms with Gasteiger partial charge in [0.25, 0.3) is 0 Å². The molecule has 0 fully saturated rings. The van der Waals surface area contributed by atoms with Gasteiger partial charge in [-0.05, 0) is 68.3 Å². The third-order valence-electron chi connectivity index (χ3n) is 5.02. The van der Waals surface area contributed by atoms with Gasteiger partial charge in [-0.25, -0.2) is 16.1 Å². The standard InChI is InChI=1S/C16H18ClN3O3.C11H10ClN3O/c1-16(2,3)23-15(22)20-19-14(21)7-10-4-5-13-11(6-10)8-12(17)9-18-13;12-9-5-8-3-7(4-11(16)15-13)1-2-10(8)14-6-9/h4-6,8-9H,7H2,1-3H3,(H,19,21)(H,20,22);1-3,5-6H,4,13H2,(H,15,16). The molecular formula is C27H28Cl2N6O4. The quantitative estimate of drug-likeness (QED) is 0.161. The van der Waals surface area contributed by atoms with E-state index in [4.69, 9.17) is 33.8 Å². The van der Waals surface area contributed by atoms with E-state index >= 15 is 0 Å². The highest BCUT2D eigenvalue weighted by Crippen LogP contribution is 2.19. The number of hydrogen-bond acceptors (Lipinski definition) is 7. The molecule has 0 saturated heterocycles. The molecule has 204 valence electrons. The number of aromatic nitrogens is 2. The second kappa shape index (κ2) is 13.2. The van der Waals surface area contributed by atoms with Crippen molar-refractivity contribution in [3.05, 3.63) is 82.1 Å². The van der Waals surface area contributed by atoms with E-state index in [0.29, 0.717) is 10.0 Å². The van der Waals surface area contributed by atoms with E-state index in [1.54, 1.807) is 45.3 Å². The van der Waals surface area contributed by atoms with Crippen LogP contribution in [0.2, 0.25) is 10.0 Å². The van der Waals surface area contributed by atoms with E-state index in [0.717, 1.165) is 32.9 Å². The van der Waals surface area contributed by atoms with E-state index < -0.39 is 11.7 Å². The molecule has 4 aromatic rings. The molecular weight excluding hydrogens is 543 g/mol. The minimum Gasteiger partial charge on any atom is -0.443 e. The van der Waals surface area contributed by atoms with Crippen LogP contribution in [-0.2, 0) is 27.2 Å². The van der Waals surface area contributed by atoms with Crippen LogP contribution in [0.15, 0.2) is 60.9 Å². The van der Waals surface area contributed by atoms with Gasteiger partial charge in [0.1, 0.15) is 5.60 Å². The molecule has 12 heteroatoms. The molecule has 5 N–H and O–H groups in total. The van der Waals surface area contributed by atoms with Gasteiger partial charge < -0.3 is 4.74 Å². The third kappa shape index (κ3) is 9.68. The Kier molecular flexibility index (Phi) is 10.00. The zero-order chi connectivity index (χ0) is 28.6. The van der Waals surface area contributed by atoms with Crippen LogP contribution in [-0.4, -0.2) is 33.5 Å². The number of hydrazine groups is 2. The molecule has 3 amide bonds. The monoisotopic (exact) mass is 570 g/mol. The summed E-state index contributed by atoms with van der Waals surface area (Å²) in [4.78, 5) is 42.8. The Balaban J connectivity index is 0.000000230. The number of carbonyl (C=O) groups is 3. The molecule has 0 aliphatic rings. The molecule has 4 rings (SSSR count). The van der Waals surface area contributed by atoms with Gasteiger partial charge in [-0.3, -0.25) is 30.4 Å². The van der Waals surface area contributed by atoms with Crippen LogP contribution < -0.4 is 22.1 Å². The van der Waals surface area contributed by atoms with Crippen molar-refractivity contribution in [3.63, 3.8) is 0 Å². The number of hydrogen-bond donors (Lipinski definition) is 4. The lowest BCUT2D eigenvalue weighted by Crippen LogP contribution is -2.44. The topological polar surface area (TPSA) is 148 Å². The number of nitrogens with one attached hydrogen (secondary N) is 3. The van der Waals surface area contributed by atoms with E-state index in [2.05, 4.69) is 26.2 Å². The third-order valence-corrected chi connectivity index (χ3v) is 5.43. The lowest BCUT2D eigenvalue weighted by molar-refractivity contribution is -0.121. The van der Waals surface area contributed by atoms with Gasteiger partial charge in [-0.15, -0.1) is 0 Å². The number of pyridine rings is 2. The Morgan fingerprint density at radius 3 is 1.74 bits per heavy atom. The molecule has 10 nitrogen and oxygen atoms in total. The fraction of sp³-hybridized carbons (Fsp3) is 0.222. The maximum atomic E-state index is 11.9. The predicted molar refractivity (Wildman–Crippen MR) is 151 cm³/mol. The lowest BCUT2D eigenvalue weighted by Gasteiger charge is -2.19. The molecule has 2 heterocycles. The summed E-state index contributed by atoms with van der Waals surface area (Å²) in [5.41, 5.74) is 9.29. The first-order chi connectivity index (χ1) is 18.4. The highest BCUT2D eigenvalue weighted by Gasteiger charge is 2.16. The van der Waals surface area contributed by atoms with E-state index in [9.17, 15) is 14.4 Å². The molecule has 0 unspecified atom stereocenters. The van der Waals surface area contributed by atoms with Crippen molar-refractivity contribution in [2.45, 2.75) is 39.2 Å². The maximum Gasteiger partial charge on any atom is 0.426 e. The van der Waals surface area contributed by atoms with E-state index in [-0.39, 0.29) is 24.7 Å². The fourth-order valence-corrected chi connectivity index (χ4v) is 3.75.